The van der Waals surface area contributed by atoms with Gasteiger partial charge in [0.05, 0.1) is 5.69 Å². The van der Waals surface area contributed by atoms with Crippen molar-refractivity contribution < 1.29 is 9.21 Å². The summed E-state index contributed by atoms with van der Waals surface area (Å²) in [6, 6.07) is 8.15. The van der Waals surface area contributed by atoms with Gasteiger partial charge in [-0.1, -0.05) is 28.1 Å². The average Bonchev–Trinajstić information content (AvgIpc) is 2.92. The minimum Gasteiger partial charge on any atom is -0.440 e. The van der Waals surface area contributed by atoms with E-state index in [1.165, 1.54) is 0 Å². The van der Waals surface area contributed by atoms with Crippen LogP contribution in [0.15, 0.2) is 33.2 Å². The van der Waals surface area contributed by atoms with Gasteiger partial charge in [-0.15, -0.1) is 24.8 Å². The zero-order valence-corrected chi connectivity index (χ0v) is 17.7. The molecule has 0 aliphatic heterocycles. The lowest BCUT2D eigenvalue weighted by atomic mass is 10.1. The fourth-order valence-corrected chi connectivity index (χ4v) is 2.37. The lowest BCUT2D eigenvalue weighted by molar-refractivity contribution is -0.121. The van der Waals surface area contributed by atoms with Crippen molar-refractivity contribution in [2.45, 2.75) is 32.7 Å². The fraction of sp³-hybridized carbons (Fsp3) is 0.412. The molecule has 1 aromatic carbocycles. The Labute approximate surface area is 169 Å². The number of rotatable bonds is 7. The number of benzene rings is 1. The van der Waals surface area contributed by atoms with E-state index in [0.29, 0.717) is 25.3 Å². The number of carbonyl (C=O) groups is 1. The molecule has 0 aliphatic carbocycles. The van der Waals surface area contributed by atoms with Crippen LogP contribution in [0.1, 0.15) is 24.9 Å². The molecule has 25 heavy (non-hydrogen) atoms. The minimum absolute atomic E-state index is 0. The molecule has 0 saturated carbocycles. The van der Waals surface area contributed by atoms with E-state index in [0.717, 1.165) is 21.5 Å². The molecule has 0 bridgehead atoms. The number of hydrogen-bond donors (Lipinski definition) is 2. The third-order valence-electron chi connectivity index (χ3n) is 3.61. The number of aryl methyl sites for hydroxylation is 2. The second-order valence-corrected chi connectivity index (χ2v) is 6.44. The van der Waals surface area contributed by atoms with Crippen LogP contribution >= 0.6 is 40.7 Å². The monoisotopic (exact) mass is 451 g/mol. The number of nitrogens with zero attached hydrogens (tertiary/aromatic N) is 1. The van der Waals surface area contributed by atoms with Crippen molar-refractivity contribution in [3.63, 3.8) is 0 Å². The van der Waals surface area contributed by atoms with Gasteiger partial charge in [0.25, 0.3) is 0 Å². The first-order valence-electron chi connectivity index (χ1n) is 7.65. The maximum absolute atomic E-state index is 11.8. The molecule has 0 saturated heterocycles. The molecular formula is C17H24BrCl2N3O2. The van der Waals surface area contributed by atoms with Crippen LogP contribution in [-0.4, -0.2) is 30.5 Å². The SMILES string of the molecule is CNC(C)CNC(=O)CCc1nc(C)c(-c2ccc(Br)cc2)o1.Cl.Cl. The summed E-state index contributed by atoms with van der Waals surface area (Å²) < 4.78 is 6.84. The summed E-state index contributed by atoms with van der Waals surface area (Å²) in [6.07, 6.45) is 0.868. The van der Waals surface area contributed by atoms with Crippen molar-refractivity contribution >= 4 is 46.7 Å². The van der Waals surface area contributed by atoms with Gasteiger partial charge >= 0.3 is 0 Å². The smallest absolute Gasteiger partial charge is 0.220 e. The highest BCUT2D eigenvalue weighted by molar-refractivity contribution is 9.10. The Morgan fingerprint density at radius 3 is 2.52 bits per heavy atom. The van der Waals surface area contributed by atoms with Gasteiger partial charge in [0.2, 0.25) is 5.91 Å². The number of hydrogen-bond acceptors (Lipinski definition) is 4. The first-order chi connectivity index (χ1) is 11.0. The highest BCUT2D eigenvalue weighted by atomic mass is 79.9. The largest absolute Gasteiger partial charge is 0.440 e. The van der Waals surface area contributed by atoms with E-state index >= 15 is 0 Å². The van der Waals surface area contributed by atoms with Crippen LogP contribution in [0.2, 0.25) is 0 Å². The predicted octanol–water partition coefficient (Wildman–Crippen LogP) is 3.91. The van der Waals surface area contributed by atoms with Crippen molar-refractivity contribution in [3.05, 3.63) is 40.3 Å². The van der Waals surface area contributed by atoms with E-state index < -0.39 is 0 Å². The van der Waals surface area contributed by atoms with Gasteiger partial charge in [0, 0.05) is 35.5 Å². The van der Waals surface area contributed by atoms with Crippen LogP contribution < -0.4 is 10.6 Å². The van der Waals surface area contributed by atoms with E-state index in [1.54, 1.807) is 0 Å². The van der Waals surface area contributed by atoms with Gasteiger partial charge in [-0.2, -0.15) is 0 Å². The Morgan fingerprint density at radius 2 is 1.92 bits per heavy atom. The molecular weight excluding hydrogens is 429 g/mol. The van der Waals surface area contributed by atoms with Gasteiger partial charge in [-0.25, -0.2) is 4.98 Å². The van der Waals surface area contributed by atoms with E-state index in [9.17, 15) is 4.79 Å². The molecule has 0 fully saturated rings. The maximum Gasteiger partial charge on any atom is 0.220 e. The van der Waals surface area contributed by atoms with Crippen molar-refractivity contribution in [2.75, 3.05) is 13.6 Å². The summed E-state index contributed by atoms with van der Waals surface area (Å²) in [6.45, 7) is 4.55. The quantitative estimate of drug-likeness (QED) is 0.668. The van der Waals surface area contributed by atoms with Crippen molar-refractivity contribution in [3.8, 4) is 11.3 Å². The van der Waals surface area contributed by atoms with Gasteiger partial charge in [0.1, 0.15) is 0 Å². The Bertz CT molecular complexity index is 662. The first-order valence-corrected chi connectivity index (χ1v) is 8.45. The van der Waals surface area contributed by atoms with E-state index in [-0.39, 0.29) is 36.8 Å². The molecule has 8 heteroatoms. The summed E-state index contributed by atoms with van der Waals surface area (Å²) >= 11 is 3.42. The first kappa shape index (κ1) is 23.9. The summed E-state index contributed by atoms with van der Waals surface area (Å²) in [4.78, 5) is 16.2. The molecule has 0 aliphatic rings. The predicted molar refractivity (Wildman–Crippen MR) is 109 cm³/mol. The second-order valence-electron chi connectivity index (χ2n) is 5.52. The molecule has 5 nitrogen and oxygen atoms in total. The Hall–Kier alpha value is -1.08. The van der Waals surface area contributed by atoms with Crippen molar-refractivity contribution in [1.82, 2.24) is 15.6 Å². The summed E-state index contributed by atoms with van der Waals surface area (Å²) in [5.41, 5.74) is 1.82. The summed E-state index contributed by atoms with van der Waals surface area (Å²) in [5, 5.41) is 5.96. The van der Waals surface area contributed by atoms with Gasteiger partial charge in [0.15, 0.2) is 11.7 Å². The summed E-state index contributed by atoms with van der Waals surface area (Å²) in [5.74, 6) is 1.36. The highest BCUT2D eigenvalue weighted by Gasteiger charge is 2.13. The van der Waals surface area contributed by atoms with Crippen molar-refractivity contribution in [2.24, 2.45) is 0 Å². The van der Waals surface area contributed by atoms with Crippen LogP contribution in [-0.2, 0) is 11.2 Å². The third kappa shape index (κ3) is 7.36. The van der Waals surface area contributed by atoms with Crippen LogP contribution in [0.25, 0.3) is 11.3 Å². The molecule has 2 N–H and O–H groups in total. The fourth-order valence-electron chi connectivity index (χ4n) is 2.11. The number of oxazole rings is 1. The molecule has 0 spiro atoms. The zero-order chi connectivity index (χ0) is 16.8. The number of aromatic nitrogens is 1. The Balaban J connectivity index is 0.00000288. The number of likely N-dealkylation sites (N-methyl/N-ethyl adjacent to an activating group) is 1. The molecule has 140 valence electrons. The standard InChI is InChI=1S/C17H22BrN3O2.2ClH/c1-11(19-3)10-20-15(22)8-9-16-21-12(2)17(23-16)13-4-6-14(18)7-5-13;;/h4-7,11,19H,8-10H2,1-3H3,(H,20,22);2*1H. The second kappa shape index (κ2) is 11.5. The molecule has 2 aromatic rings. The number of nitrogens with one attached hydrogen (secondary N) is 2. The van der Waals surface area contributed by atoms with Crippen LogP contribution in [0.4, 0.5) is 0 Å². The average molecular weight is 453 g/mol. The van der Waals surface area contributed by atoms with Gasteiger partial charge < -0.3 is 15.1 Å². The van der Waals surface area contributed by atoms with Crippen molar-refractivity contribution in [1.29, 1.82) is 0 Å². The number of amides is 1. The van der Waals surface area contributed by atoms with Gasteiger partial charge in [-0.3, -0.25) is 4.79 Å². The summed E-state index contributed by atoms with van der Waals surface area (Å²) in [7, 11) is 1.87. The van der Waals surface area contributed by atoms with E-state index in [1.807, 2.05) is 45.2 Å². The number of halogens is 3. The topological polar surface area (TPSA) is 67.2 Å². The minimum atomic E-state index is 0. The van der Waals surface area contributed by atoms with Crippen LogP contribution in [0, 0.1) is 6.92 Å². The van der Waals surface area contributed by atoms with E-state index in [2.05, 4.69) is 31.5 Å². The van der Waals surface area contributed by atoms with E-state index in [4.69, 9.17) is 4.42 Å². The lowest BCUT2D eigenvalue weighted by Crippen LogP contribution is -2.37. The normalized spacial score (nSPS) is 11.2. The Morgan fingerprint density at radius 1 is 1.28 bits per heavy atom. The molecule has 1 heterocycles. The lowest BCUT2D eigenvalue weighted by Gasteiger charge is -2.10. The van der Waals surface area contributed by atoms with Gasteiger partial charge in [-0.05, 0) is 33.0 Å². The number of carbonyl (C=O) groups excluding carboxylic acids is 1. The Kier molecular flexibility index (Phi) is 11.0. The molecule has 1 atom stereocenters. The molecule has 2 rings (SSSR count). The zero-order valence-electron chi connectivity index (χ0n) is 14.5. The molecule has 1 unspecified atom stereocenters. The molecule has 0 radical (unpaired) electrons. The molecule has 1 amide bonds. The van der Waals surface area contributed by atoms with Crippen LogP contribution in [0.3, 0.4) is 0 Å². The third-order valence-corrected chi connectivity index (χ3v) is 4.14. The molecule has 1 aromatic heterocycles. The maximum atomic E-state index is 11.8. The van der Waals surface area contributed by atoms with Crippen LogP contribution in [0.5, 0.6) is 0 Å². The highest BCUT2D eigenvalue weighted by Crippen LogP contribution is 2.26.